The van der Waals surface area contributed by atoms with Crippen LogP contribution < -0.4 is 5.73 Å². The molecule has 0 aliphatic carbocycles. The molecule has 0 bridgehead atoms. The number of hydrogen-bond donors (Lipinski definition) is 1. The maximum atomic E-state index is 12.7. The van der Waals surface area contributed by atoms with Gasteiger partial charge in [0.2, 0.25) is 5.91 Å². The molecule has 1 unspecified atom stereocenters. The predicted molar refractivity (Wildman–Crippen MR) is 99.2 cm³/mol. The van der Waals surface area contributed by atoms with Crippen molar-refractivity contribution in [3.63, 3.8) is 0 Å². The summed E-state index contributed by atoms with van der Waals surface area (Å²) in [6, 6.07) is 10.0. The molecule has 4 nitrogen and oxygen atoms in total. The highest BCUT2D eigenvalue weighted by Crippen LogP contribution is 2.30. The molecule has 0 spiro atoms. The summed E-state index contributed by atoms with van der Waals surface area (Å²) in [7, 11) is 0. The minimum atomic E-state index is -0.101. The van der Waals surface area contributed by atoms with Crippen LogP contribution in [0.4, 0.5) is 0 Å². The summed E-state index contributed by atoms with van der Waals surface area (Å²) in [4.78, 5) is 14.7. The van der Waals surface area contributed by atoms with E-state index in [1.54, 1.807) is 11.8 Å². The molecule has 1 heterocycles. The van der Waals surface area contributed by atoms with E-state index in [2.05, 4.69) is 0 Å². The fourth-order valence-corrected chi connectivity index (χ4v) is 3.53. The predicted octanol–water partition coefficient (Wildman–Crippen LogP) is 2.87. The molecule has 2 N–H and O–H groups in total. The van der Waals surface area contributed by atoms with Gasteiger partial charge in [0.15, 0.2) is 0 Å². The molecule has 1 atom stereocenters. The van der Waals surface area contributed by atoms with Gasteiger partial charge in [0, 0.05) is 19.7 Å². The number of carbonyl (C=O) groups is 1. The van der Waals surface area contributed by atoms with Crippen LogP contribution in [0.3, 0.4) is 0 Å². The van der Waals surface area contributed by atoms with Gasteiger partial charge in [-0.2, -0.15) is 0 Å². The first-order valence-electron chi connectivity index (χ1n) is 7.94. The molecule has 0 radical (unpaired) electrons. The summed E-state index contributed by atoms with van der Waals surface area (Å²) < 4.78 is 5.80. The first-order chi connectivity index (χ1) is 10.8. The number of rotatable bonds is 7. The molecular formula is C17H27ClN2O2S. The van der Waals surface area contributed by atoms with Crippen molar-refractivity contribution < 1.29 is 9.53 Å². The van der Waals surface area contributed by atoms with Gasteiger partial charge in [-0.3, -0.25) is 4.79 Å². The van der Waals surface area contributed by atoms with Crippen molar-refractivity contribution >= 4 is 30.1 Å². The Morgan fingerprint density at radius 3 is 2.57 bits per heavy atom. The molecule has 23 heavy (non-hydrogen) atoms. The second kappa shape index (κ2) is 10.9. The highest BCUT2D eigenvalue weighted by molar-refractivity contribution is 7.99. The highest BCUT2D eigenvalue weighted by atomic mass is 35.5. The molecule has 1 fully saturated rings. The Kier molecular flexibility index (Phi) is 9.63. The number of ether oxygens (including phenoxy) is 1. The van der Waals surface area contributed by atoms with Gasteiger partial charge >= 0.3 is 0 Å². The molecule has 6 heteroatoms. The molecular weight excluding hydrogens is 332 g/mol. The fourth-order valence-electron chi connectivity index (χ4n) is 2.75. The van der Waals surface area contributed by atoms with Gasteiger partial charge in [-0.15, -0.1) is 24.2 Å². The smallest absolute Gasteiger partial charge is 0.240 e. The Bertz CT molecular complexity index is 453. The lowest BCUT2D eigenvalue weighted by molar-refractivity contribution is -0.133. The third kappa shape index (κ3) is 5.99. The lowest BCUT2D eigenvalue weighted by Gasteiger charge is -2.34. The maximum Gasteiger partial charge on any atom is 0.240 e. The average molecular weight is 359 g/mol. The molecule has 1 aromatic rings. The fraction of sp³-hybridized carbons (Fsp3) is 0.588. The molecule has 1 amide bonds. The number of amides is 1. The van der Waals surface area contributed by atoms with Crippen LogP contribution in [-0.2, 0) is 9.53 Å². The van der Waals surface area contributed by atoms with E-state index in [0.29, 0.717) is 6.54 Å². The third-order valence-electron chi connectivity index (χ3n) is 4.02. The van der Waals surface area contributed by atoms with Crippen LogP contribution in [0.15, 0.2) is 30.3 Å². The largest absolute Gasteiger partial charge is 0.378 e. The summed E-state index contributed by atoms with van der Waals surface area (Å²) in [5.74, 6) is 0.221. The minimum Gasteiger partial charge on any atom is -0.378 e. The Balaban J connectivity index is 0.00000264. The number of hydrogen-bond acceptors (Lipinski definition) is 4. The quantitative estimate of drug-likeness (QED) is 0.761. The van der Waals surface area contributed by atoms with E-state index >= 15 is 0 Å². The maximum absolute atomic E-state index is 12.7. The molecule has 1 aliphatic rings. The van der Waals surface area contributed by atoms with Crippen molar-refractivity contribution in [1.29, 1.82) is 0 Å². The molecule has 0 aromatic heterocycles. The zero-order valence-corrected chi connectivity index (χ0v) is 15.3. The number of likely N-dealkylation sites (tertiary alicyclic amines) is 1. The van der Waals surface area contributed by atoms with Gasteiger partial charge in [-0.05, 0) is 37.6 Å². The Morgan fingerprint density at radius 1 is 1.35 bits per heavy atom. The van der Waals surface area contributed by atoms with Gasteiger partial charge in [-0.25, -0.2) is 0 Å². The van der Waals surface area contributed by atoms with E-state index in [1.165, 1.54) is 0 Å². The highest BCUT2D eigenvalue weighted by Gasteiger charge is 2.28. The summed E-state index contributed by atoms with van der Waals surface area (Å²) in [6.07, 6.45) is 5.03. The van der Waals surface area contributed by atoms with Crippen LogP contribution in [0, 0.1) is 0 Å². The lowest BCUT2D eigenvalue weighted by Crippen LogP contribution is -2.42. The second-order valence-corrected chi connectivity index (χ2v) is 6.51. The van der Waals surface area contributed by atoms with Crippen LogP contribution >= 0.6 is 24.2 Å². The Hall–Kier alpha value is -0.750. The topological polar surface area (TPSA) is 55.6 Å². The van der Waals surface area contributed by atoms with Gasteiger partial charge in [0.1, 0.15) is 5.25 Å². The van der Waals surface area contributed by atoms with Gasteiger partial charge in [-0.1, -0.05) is 30.3 Å². The molecule has 1 aliphatic heterocycles. The van der Waals surface area contributed by atoms with E-state index in [1.807, 2.05) is 41.5 Å². The number of nitrogens with two attached hydrogens (primary N) is 1. The summed E-state index contributed by atoms with van der Waals surface area (Å²) in [5, 5.41) is -0.101. The first-order valence-corrected chi connectivity index (χ1v) is 9.23. The lowest BCUT2D eigenvalue weighted by atomic mass is 10.1. The van der Waals surface area contributed by atoms with Crippen molar-refractivity contribution in [1.82, 2.24) is 4.90 Å². The molecule has 0 saturated carbocycles. The summed E-state index contributed by atoms with van der Waals surface area (Å²) in [6.45, 7) is 2.97. The minimum absolute atomic E-state index is 0. The van der Waals surface area contributed by atoms with Crippen molar-refractivity contribution in [2.45, 2.75) is 30.6 Å². The van der Waals surface area contributed by atoms with Crippen molar-refractivity contribution in [3.05, 3.63) is 35.9 Å². The molecule has 2 rings (SSSR count). The van der Waals surface area contributed by atoms with Gasteiger partial charge in [0.25, 0.3) is 0 Å². The van der Waals surface area contributed by atoms with E-state index < -0.39 is 0 Å². The molecule has 1 aromatic carbocycles. The van der Waals surface area contributed by atoms with Gasteiger partial charge in [0.05, 0.1) is 6.10 Å². The monoisotopic (exact) mass is 358 g/mol. The van der Waals surface area contributed by atoms with E-state index in [9.17, 15) is 4.79 Å². The number of benzene rings is 1. The zero-order valence-electron chi connectivity index (χ0n) is 13.6. The van der Waals surface area contributed by atoms with Crippen LogP contribution in [0.5, 0.6) is 0 Å². The summed E-state index contributed by atoms with van der Waals surface area (Å²) in [5.41, 5.74) is 6.56. The third-order valence-corrected chi connectivity index (χ3v) is 4.96. The SMILES string of the molecule is CSC(C(=O)N1CCC(OCCCN)CC1)c1ccccc1.Cl. The second-order valence-electron chi connectivity index (χ2n) is 5.56. The van der Waals surface area contributed by atoms with Crippen LogP contribution in [-0.4, -0.2) is 49.4 Å². The van der Waals surface area contributed by atoms with Crippen molar-refractivity contribution in [3.8, 4) is 0 Å². The normalized spacial score (nSPS) is 16.7. The van der Waals surface area contributed by atoms with E-state index in [4.69, 9.17) is 10.5 Å². The first kappa shape index (κ1) is 20.3. The number of halogens is 1. The standard InChI is InChI=1S/C17H26N2O2S.ClH/c1-22-16(14-6-3-2-4-7-14)17(20)19-11-8-15(9-12-19)21-13-5-10-18;/h2-4,6-7,15-16H,5,8-13,18H2,1H3;1H. The van der Waals surface area contributed by atoms with Crippen molar-refractivity contribution in [2.75, 3.05) is 32.5 Å². The van der Waals surface area contributed by atoms with Crippen LogP contribution in [0.1, 0.15) is 30.1 Å². The number of carbonyl (C=O) groups excluding carboxylic acids is 1. The van der Waals surface area contributed by atoms with Gasteiger partial charge < -0.3 is 15.4 Å². The number of thioether (sulfide) groups is 1. The van der Waals surface area contributed by atoms with Crippen molar-refractivity contribution in [2.24, 2.45) is 5.73 Å². The average Bonchev–Trinajstić information content (AvgIpc) is 2.57. The number of piperidine rings is 1. The van der Waals surface area contributed by atoms with Crippen LogP contribution in [0.2, 0.25) is 0 Å². The summed E-state index contributed by atoms with van der Waals surface area (Å²) >= 11 is 1.61. The number of nitrogens with zero attached hydrogens (tertiary/aromatic N) is 1. The Labute approximate surface area is 149 Å². The van der Waals surface area contributed by atoms with Crippen LogP contribution in [0.25, 0.3) is 0 Å². The molecule has 1 saturated heterocycles. The molecule has 130 valence electrons. The zero-order chi connectivity index (χ0) is 15.8. The van der Waals surface area contributed by atoms with E-state index in [-0.39, 0.29) is 29.7 Å². The Morgan fingerprint density at radius 2 is 2.00 bits per heavy atom. The van der Waals surface area contributed by atoms with E-state index in [0.717, 1.165) is 44.5 Å².